The molecule has 3 aliphatic carbocycles. The number of rotatable bonds is 5. The number of hydrogen-bond donors (Lipinski definition) is 2. The minimum Gasteiger partial charge on any atom is -0.404 e. The topological polar surface area (TPSA) is 93.9 Å². The molecule has 1 aromatic rings. The van der Waals surface area contributed by atoms with Gasteiger partial charge >= 0.3 is 7.12 Å². The number of carbonyl (C=O) groups is 2. The smallest absolute Gasteiger partial charge is 0.404 e. The molecule has 178 valence electrons. The van der Waals surface area contributed by atoms with E-state index >= 15 is 0 Å². The van der Waals surface area contributed by atoms with E-state index in [1.165, 1.54) is 6.42 Å². The van der Waals surface area contributed by atoms with Gasteiger partial charge in [0.1, 0.15) is 6.04 Å². The van der Waals surface area contributed by atoms with Gasteiger partial charge in [-0.15, -0.1) is 0 Å². The molecular formula is C25H36BN3O4. The SMILES string of the molecule is C[C@@H](NC(=O)c1ccc(CN)cc1)C(=O)N1CCC[C@H]1B1O[C@@H]2C[C@@H]3C[C@@H](C3(C)C)[C@]2(C)O1. The maximum atomic E-state index is 13.3. The van der Waals surface area contributed by atoms with Crippen molar-refractivity contribution in [2.24, 2.45) is 23.0 Å². The molecule has 8 heteroatoms. The zero-order valence-corrected chi connectivity index (χ0v) is 20.2. The van der Waals surface area contributed by atoms with Crippen molar-refractivity contribution < 1.29 is 18.9 Å². The molecule has 3 N–H and O–H groups in total. The van der Waals surface area contributed by atoms with Gasteiger partial charge in [0.2, 0.25) is 5.91 Å². The Morgan fingerprint density at radius 1 is 1.24 bits per heavy atom. The fraction of sp³-hybridized carbons (Fsp3) is 0.680. The molecule has 0 radical (unpaired) electrons. The van der Waals surface area contributed by atoms with Gasteiger partial charge in [-0.2, -0.15) is 0 Å². The Kier molecular flexibility index (Phi) is 5.62. The Bertz CT molecular complexity index is 938. The highest BCUT2D eigenvalue weighted by Crippen LogP contribution is 2.65. The molecule has 5 fully saturated rings. The van der Waals surface area contributed by atoms with E-state index in [-0.39, 0.29) is 34.9 Å². The van der Waals surface area contributed by atoms with E-state index in [0.29, 0.717) is 30.5 Å². The lowest BCUT2D eigenvalue weighted by molar-refractivity contribution is -0.199. The summed E-state index contributed by atoms with van der Waals surface area (Å²) in [6.45, 7) is 9.75. The zero-order valence-electron chi connectivity index (χ0n) is 20.2. The first kappa shape index (κ1) is 22.9. The number of hydrogen-bond acceptors (Lipinski definition) is 5. The number of amides is 2. The van der Waals surface area contributed by atoms with E-state index in [9.17, 15) is 9.59 Å². The number of nitrogens with zero attached hydrogens (tertiary/aromatic N) is 1. The van der Waals surface area contributed by atoms with E-state index in [1.807, 2.05) is 17.0 Å². The number of nitrogens with one attached hydrogen (secondary N) is 1. The molecule has 2 amide bonds. The van der Waals surface area contributed by atoms with Crippen molar-refractivity contribution in [3.05, 3.63) is 35.4 Å². The number of likely N-dealkylation sites (tertiary alicyclic amines) is 1. The van der Waals surface area contributed by atoms with Crippen LogP contribution in [0, 0.1) is 17.3 Å². The van der Waals surface area contributed by atoms with Gasteiger partial charge in [-0.1, -0.05) is 26.0 Å². The molecule has 2 heterocycles. The van der Waals surface area contributed by atoms with Crippen molar-refractivity contribution in [1.29, 1.82) is 0 Å². The van der Waals surface area contributed by atoms with E-state index in [0.717, 1.165) is 24.8 Å². The summed E-state index contributed by atoms with van der Waals surface area (Å²) in [5, 5.41) is 2.86. The Morgan fingerprint density at radius 3 is 2.64 bits per heavy atom. The predicted molar refractivity (Wildman–Crippen MR) is 126 cm³/mol. The van der Waals surface area contributed by atoms with Crippen LogP contribution in [0.25, 0.3) is 0 Å². The summed E-state index contributed by atoms with van der Waals surface area (Å²) in [6.07, 6.45) is 4.12. The molecule has 6 rings (SSSR count). The lowest BCUT2D eigenvalue weighted by Crippen LogP contribution is -2.65. The fourth-order valence-corrected chi connectivity index (χ4v) is 6.80. The van der Waals surface area contributed by atoms with Crippen molar-refractivity contribution in [3.63, 3.8) is 0 Å². The summed E-state index contributed by atoms with van der Waals surface area (Å²) in [5.74, 6) is 0.736. The van der Waals surface area contributed by atoms with Crippen molar-refractivity contribution >= 4 is 18.9 Å². The summed E-state index contributed by atoms with van der Waals surface area (Å²) < 4.78 is 13.1. The van der Waals surface area contributed by atoms with E-state index in [4.69, 9.17) is 15.0 Å². The third-order valence-electron chi connectivity index (χ3n) is 9.04. The van der Waals surface area contributed by atoms with E-state index in [1.54, 1.807) is 19.1 Å². The molecule has 0 spiro atoms. The molecule has 7 nitrogen and oxygen atoms in total. The molecule has 0 aromatic heterocycles. The molecule has 3 saturated carbocycles. The second kappa shape index (κ2) is 8.10. The van der Waals surface area contributed by atoms with Gasteiger partial charge < -0.3 is 25.3 Å². The van der Waals surface area contributed by atoms with Crippen molar-refractivity contribution in [2.45, 2.75) is 83.6 Å². The van der Waals surface area contributed by atoms with Gasteiger partial charge in [0.05, 0.1) is 17.6 Å². The highest BCUT2D eigenvalue weighted by atomic mass is 16.7. The summed E-state index contributed by atoms with van der Waals surface area (Å²) in [7, 11) is -0.395. The van der Waals surface area contributed by atoms with E-state index in [2.05, 4.69) is 26.1 Å². The van der Waals surface area contributed by atoms with Gasteiger partial charge in [-0.25, -0.2) is 0 Å². The van der Waals surface area contributed by atoms with Crippen LogP contribution in [0.4, 0.5) is 0 Å². The quantitative estimate of drug-likeness (QED) is 0.669. The normalized spacial score (nSPS) is 35.1. The van der Waals surface area contributed by atoms with Crippen LogP contribution >= 0.6 is 0 Å². The molecule has 33 heavy (non-hydrogen) atoms. The lowest BCUT2D eigenvalue weighted by atomic mass is 9.43. The largest absolute Gasteiger partial charge is 0.481 e. The average molecular weight is 453 g/mol. The Balaban J connectivity index is 1.24. The Labute approximate surface area is 196 Å². The molecule has 2 bridgehead atoms. The van der Waals surface area contributed by atoms with Crippen LogP contribution in [0.1, 0.15) is 69.3 Å². The number of nitrogens with two attached hydrogens (primary N) is 1. The molecule has 2 aliphatic heterocycles. The number of carbonyl (C=O) groups excluding carboxylic acids is 2. The standard InChI is InChI=1S/C25H36BN3O4/c1-15(28-22(30)17-9-7-16(14-27)8-10-17)23(31)29-11-5-6-21(29)26-32-20-13-18-12-19(24(18,2)3)25(20,4)33-26/h7-10,15,18-21H,5-6,11-14,27H2,1-4H3,(H,28,30)/t15-,18+,19+,20-,21+,25+/m1/s1. The first-order chi connectivity index (χ1) is 15.6. The van der Waals surface area contributed by atoms with Gasteiger partial charge in [0.25, 0.3) is 5.91 Å². The minimum absolute atomic E-state index is 0.0821. The first-order valence-electron chi connectivity index (χ1n) is 12.4. The lowest BCUT2D eigenvalue weighted by Gasteiger charge is -2.64. The van der Waals surface area contributed by atoms with Gasteiger partial charge in [0.15, 0.2) is 0 Å². The molecule has 6 atom stereocenters. The third kappa shape index (κ3) is 3.62. The van der Waals surface area contributed by atoms with E-state index < -0.39 is 13.2 Å². The molecule has 1 aromatic carbocycles. The molecule has 0 unspecified atom stereocenters. The average Bonchev–Trinajstić information content (AvgIpc) is 3.42. The van der Waals surface area contributed by atoms with Crippen LogP contribution in [0.15, 0.2) is 24.3 Å². The minimum atomic E-state index is -0.627. The summed E-state index contributed by atoms with van der Waals surface area (Å²) >= 11 is 0. The Morgan fingerprint density at radius 2 is 1.97 bits per heavy atom. The van der Waals surface area contributed by atoms with Crippen LogP contribution in [-0.2, 0) is 20.6 Å². The summed E-state index contributed by atoms with van der Waals surface area (Å²) in [6, 6.07) is 6.51. The number of benzene rings is 1. The highest BCUT2D eigenvalue weighted by molar-refractivity contribution is 6.48. The summed E-state index contributed by atoms with van der Waals surface area (Å²) in [5.41, 5.74) is 7.11. The second-order valence-electron chi connectivity index (χ2n) is 11.2. The molecule has 2 saturated heterocycles. The molecule has 5 aliphatic rings. The van der Waals surface area contributed by atoms with Crippen LogP contribution in [0.3, 0.4) is 0 Å². The fourth-order valence-electron chi connectivity index (χ4n) is 6.80. The van der Waals surface area contributed by atoms with Crippen LogP contribution < -0.4 is 11.1 Å². The second-order valence-corrected chi connectivity index (χ2v) is 11.2. The van der Waals surface area contributed by atoms with Crippen LogP contribution in [-0.4, -0.2) is 54.1 Å². The monoisotopic (exact) mass is 453 g/mol. The third-order valence-corrected chi connectivity index (χ3v) is 9.04. The zero-order chi connectivity index (χ0) is 23.5. The predicted octanol–water partition coefficient (Wildman–Crippen LogP) is 2.52. The van der Waals surface area contributed by atoms with Crippen LogP contribution in [0.2, 0.25) is 0 Å². The first-order valence-corrected chi connectivity index (χ1v) is 12.4. The van der Waals surface area contributed by atoms with Crippen molar-refractivity contribution in [3.8, 4) is 0 Å². The van der Waals surface area contributed by atoms with Crippen molar-refractivity contribution in [1.82, 2.24) is 10.2 Å². The Hall–Kier alpha value is -1.90. The highest BCUT2D eigenvalue weighted by Gasteiger charge is 2.69. The van der Waals surface area contributed by atoms with Crippen LogP contribution in [0.5, 0.6) is 0 Å². The maximum Gasteiger partial charge on any atom is 0.481 e. The van der Waals surface area contributed by atoms with Gasteiger partial charge in [-0.05, 0) is 74.5 Å². The van der Waals surface area contributed by atoms with Gasteiger partial charge in [-0.3, -0.25) is 9.59 Å². The van der Waals surface area contributed by atoms with Crippen molar-refractivity contribution in [2.75, 3.05) is 6.54 Å². The molecular weight excluding hydrogens is 417 g/mol. The maximum absolute atomic E-state index is 13.3. The summed E-state index contributed by atoms with van der Waals surface area (Å²) in [4.78, 5) is 27.9. The van der Waals surface area contributed by atoms with Gasteiger partial charge in [0, 0.05) is 18.7 Å².